The van der Waals surface area contributed by atoms with Crippen LogP contribution in [-0.2, 0) is 11.3 Å². The van der Waals surface area contributed by atoms with Crippen molar-refractivity contribution in [3.8, 4) is 0 Å². The van der Waals surface area contributed by atoms with Crippen molar-refractivity contribution in [3.05, 3.63) is 58.8 Å². The molecule has 0 atom stereocenters. The Morgan fingerprint density at radius 1 is 1.25 bits per heavy atom. The summed E-state index contributed by atoms with van der Waals surface area (Å²) in [6.45, 7) is 2.68. The van der Waals surface area contributed by atoms with Gasteiger partial charge in [-0.15, -0.1) is 0 Å². The summed E-state index contributed by atoms with van der Waals surface area (Å²) in [5, 5.41) is 11.7. The predicted octanol–water partition coefficient (Wildman–Crippen LogP) is 2.59. The lowest BCUT2D eigenvalue weighted by Gasteiger charge is -2.30. The van der Waals surface area contributed by atoms with Gasteiger partial charge in [0.2, 0.25) is 5.91 Å². The molecule has 0 bridgehead atoms. The molecule has 0 spiro atoms. The van der Waals surface area contributed by atoms with E-state index in [1.165, 1.54) is 12.1 Å². The van der Waals surface area contributed by atoms with Crippen LogP contribution in [0.3, 0.4) is 0 Å². The number of aromatic carboxylic acids is 1. The normalized spacial score (nSPS) is 14.7. The standard InChI is InChI=1S/C20H21FN2O5/c1-12-2-3-13(8-16(12)21)10-22-18(24)14-4-6-23(7-5-14)19(25)17-9-15(11-28-17)20(26)27/h2-3,8-9,11,14H,4-7,10H2,1H3,(H,22,24)(H,26,27). The van der Waals surface area contributed by atoms with Crippen molar-refractivity contribution in [2.75, 3.05) is 13.1 Å². The number of piperidine rings is 1. The molecular formula is C20H21FN2O5. The number of rotatable bonds is 5. The lowest BCUT2D eigenvalue weighted by atomic mass is 9.95. The molecule has 3 rings (SSSR count). The summed E-state index contributed by atoms with van der Waals surface area (Å²) in [5.41, 5.74) is 1.17. The van der Waals surface area contributed by atoms with Gasteiger partial charge in [0.15, 0.2) is 5.76 Å². The Bertz CT molecular complexity index is 900. The van der Waals surface area contributed by atoms with Crippen LogP contribution in [0.1, 0.15) is 44.9 Å². The van der Waals surface area contributed by atoms with E-state index in [-0.39, 0.29) is 41.4 Å². The number of likely N-dealkylation sites (tertiary alicyclic amines) is 1. The highest BCUT2D eigenvalue weighted by Gasteiger charge is 2.29. The Labute approximate surface area is 161 Å². The minimum Gasteiger partial charge on any atom is -0.478 e. The maximum atomic E-state index is 13.6. The number of amides is 2. The van der Waals surface area contributed by atoms with E-state index in [0.717, 1.165) is 6.26 Å². The number of nitrogens with one attached hydrogen (secondary N) is 1. The third-order valence-electron chi connectivity index (χ3n) is 4.91. The van der Waals surface area contributed by atoms with E-state index >= 15 is 0 Å². The molecule has 2 aromatic rings. The number of benzene rings is 1. The lowest BCUT2D eigenvalue weighted by molar-refractivity contribution is -0.126. The highest BCUT2D eigenvalue weighted by atomic mass is 19.1. The van der Waals surface area contributed by atoms with Gasteiger partial charge < -0.3 is 19.7 Å². The zero-order valence-electron chi connectivity index (χ0n) is 15.4. The monoisotopic (exact) mass is 388 g/mol. The van der Waals surface area contributed by atoms with Crippen LogP contribution in [0.2, 0.25) is 0 Å². The third kappa shape index (κ3) is 4.39. The van der Waals surface area contributed by atoms with Gasteiger partial charge in [-0.2, -0.15) is 0 Å². The molecule has 1 saturated heterocycles. The third-order valence-corrected chi connectivity index (χ3v) is 4.91. The van der Waals surface area contributed by atoms with Crippen LogP contribution in [0, 0.1) is 18.7 Å². The van der Waals surface area contributed by atoms with Crippen LogP contribution in [-0.4, -0.2) is 40.9 Å². The average molecular weight is 388 g/mol. The molecule has 148 valence electrons. The van der Waals surface area contributed by atoms with Crippen molar-refractivity contribution < 1.29 is 28.3 Å². The summed E-state index contributed by atoms with van der Waals surface area (Å²) >= 11 is 0. The summed E-state index contributed by atoms with van der Waals surface area (Å²) in [6, 6.07) is 6.05. The largest absolute Gasteiger partial charge is 0.478 e. The van der Waals surface area contributed by atoms with Crippen molar-refractivity contribution in [1.82, 2.24) is 10.2 Å². The molecule has 1 aromatic heterocycles. The number of furan rings is 1. The van der Waals surface area contributed by atoms with Gasteiger partial charge in [-0.3, -0.25) is 9.59 Å². The van der Waals surface area contributed by atoms with E-state index in [4.69, 9.17) is 9.52 Å². The van der Waals surface area contributed by atoms with Gasteiger partial charge in [0.05, 0.1) is 5.56 Å². The van der Waals surface area contributed by atoms with Gasteiger partial charge in [-0.25, -0.2) is 9.18 Å². The van der Waals surface area contributed by atoms with E-state index in [1.807, 2.05) is 0 Å². The van der Waals surface area contributed by atoms with Crippen molar-refractivity contribution >= 4 is 17.8 Å². The Morgan fingerprint density at radius 2 is 1.96 bits per heavy atom. The molecule has 0 saturated carbocycles. The summed E-state index contributed by atoms with van der Waals surface area (Å²) < 4.78 is 18.6. The average Bonchev–Trinajstić information content (AvgIpc) is 3.19. The topological polar surface area (TPSA) is 99.9 Å². The first-order valence-electron chi connectivity index (χ1n) is 8.99. The number of carbonyl (C=O) groups excluding carboxylic acids is 2. The second-order valence-corrected chi connectivity index (χ2v) is 6.87. The molecule has 1 fully saturated rings. The highest BCUT2D eigenvalue weighted by molar-refractivity contribution is 5.95. The molecule has 0 radical (unpaired) electrons. The maximum Gasteiger partial charge on any atom is 0.338 e. The molecule has 28 heavy (non-hydrogen) atoms. The van der Waals surface area contributed by atoms with Crippen molar-refractivity contribution in [1.29, 1.82) is 0 Å². The van der Waals surface area contributed by atoms with E-state index in [2.05, 4.69) is 5.32 Å². The fraction of sp³-hybridized carbons (Fsp3) is 0.350. The molecule has 7 nitrogen and oxygen atoms in total. The first-order chi connectivity index (χ1) is 13.3. The van der Waals surface area contributed by atoms with Crippen LogP contribution in [0.15, 0.2) is 34.9 Å². The maximum absolute atomic E-state index is 13.6. The van der Waals surface area contributed by atoms with E-state index in [9.17, 15) is 18.8 Å². The zero-order valence-corrected chi connectivity index (χ0v) is 15.4. The van der Waals surface area contributed by atoms with Crippen LogP contribution in [0.25, 0.3) is 0 Å². The fourth-order valence-corrected chi connectivity index (χ4v) is 3.14. The van der Waals surface area contributed by atoms with Crippen LogP contribution in [0.5, 0.6) is 0 Å². The van der Waals surface area contributed by atoms with Gasteiger partial charge in [-0.05, 0) is 37.0 Å². The van der Waals surface area contributed by atoms with Crippen molar-refractivity contribution in [2.24, 2.45) is 5.92 Å². The highest BCUT2D eigenvalue weighted by Crippen LogP contribution is 2.20. The van der Waals surface area contributed by atoms with Crippen molar-refractivity contribution in [3.63, 3.8) is 0 Å². The van der Waals surface area contributed by atoms with Gasteiger partial charge in [0.1, 0.15) is 12.1 Å². The number of carbonyl (C=O) groups is 3. The van der Waals surface area contributed by atoms with E-state index in [0.29, 0.717) is 37.1 Å². The van der Waals surface area contributed by atoms with Gasteiger partial charge in [0.25, 0.3) is 5.91 Å². The summed E-state index contributed by atoms with van der Waals surface area (Å²) in [6.07, 6.45) is 2.02. The summed E-state index contributed by atoms with van der Waals surface area (Å²) in [4.78, 5) is 37.2. The van der Waals surface area contributed by atoms with Gasteiger partial charge in [0, 0.05) is 31.6 Å². The number of carboxylic acid groups (broad SMARTS) is 1. The summed E-state index contributed by atoms with van der Waals surface area (Å²) in [7, 11) is 0. The van der Waals surface area contributed by atoms with Crippen LogP contribution in [0.4, 0.5) is 4.39 Å². The second-order valence-electron chi connectivity index (χ2n) is 6.87. The number of nitrogens with zero attached hydrogens (tertiary/aromatic N) is 1. The molecule has 1 aliphatic heterocycles. The SMILES string of the molecule is Cc1ccc(CNC(=O)C2CCN(C(=O)c3cc(C(=O)O)co3)CC2)cc1F. The van der Waals surface area contributed by atoms with Crippen LogP contribution < -0.4 is 5.32 Å². The molecular weight excluding hydrogens is 367 g/mol. The molecule has 0 unspecified atom stereocenters. The van der Waals surface area contributed by atoms with Gasteiger partial charge in [-0.1, -0.05) is 12.1 Å². The first-order valence-corrected chi connectivity index (χ1v) is 8.99. The second kappa shape index (κ2) is 8.24. The number of hydrogen-bond donors (Lipinski definition) is 2. The smallest absolute Gasteiger partial charge is 0.338 e. The molecule has 8 heteroatoms. The minimum atomic E-state index is -1.16. The molecule has 2 N–H and O–H groups in total. The number of carboxylic acids is 1. The quantitative estimate of drug-likeness (QED) is 0.820. The Morgan fingerprint density at radius 3 is 2.57 bits per heavy atom. The van der Waals surface area contributed by atoms with Gasteiger partial charge >= 0.3 is 5.97 Å². The molecule has 2 amide bonds. The summed E-state index contributed by atoms with van der Waals surface area (Å²) in [5.74, 6) is -2.23. The predicted molar refractivity (Wildman–Crippen MR) is 97.3 cm³/mol. The number of halogens is 1. The fourth-order valence-electron chi connectivity index (χ4n) is 3.14. The minimum absolute atomic E-state index is 0.0262. The Kier molecular flexibility index (Phi) is 5.77. The Balaban J connectivity index is 1.49. The van der Waals surface area contributed by atoms with E-state index < -0.39 is 5.97 Å². The van der Waals surface area contributed by atoms with Crippen molar-refractivity contribution in [2.45, 2.75) is 26.3 Å². The Hall–Kier alpha value is -3.16. The number of aryl methyl sites for hydroxylation is 1. The lowest BCUT2D eigenvalue weighted by Crippen LogP contribution is -2.42. The molecule has 1 aliphatic rings. The van der Waals surface area contributed by atoms with E-state index in [1.54, 1.807) is 24.0 Å². The number of hydrogen-bond acceptors (Lipinski definition) is 4. The molecule has 2 heterocycles. The van der Waals surface area contributed by atoms with Crippen LogP contribution >= 0.6 is 0 Å². The zero-order chi connectivity index (χ0) is 20.3. The first kappa shape index (κ1) is 19.6. The molecule has 1 aromatic carbocycles. The molecule has 0 aliphatic carbocycles.